The minimum atomic E-state index is -0.476. The molecule has 2 aromatic rings. The number of hydrogen-bond donors (Lipinski definition) is 2. The van der Waals surface area contributed by atoms with Gasteiger partial charge in [-0.05, 0) is 17.7 Å². The Morgan fingerprint density at radius 1 is 1.12 bits per heavy atom. The average molecular weight is 254 g/mol. The lowest BCUT2D eigenvalue weighted by Crippen LogP contribution is -2.20. The Kier molecular flexibility index (Phi) is 5.77. The fourth-order valence-electron chi connectivity index (χ4n) is 1.54. The molecule has 0 saturated carbocycles. The molecule has 0 bridgehead atoms. The van der Waals surface area contributed by atoms with Crippen molar-refractivity contribution in [2.75, 3.05) is 6.54 Å². The fraction of sp³-hybridized carbons (Fsp3) is 0.231. The second-order valence-corrected chi connectivity index (χ2v) is 3.64. The van der Waals surface area contributed by atoms with Crippen LogP contribution >= 0.6 is 12.4 Å². The molecule has 1 heterocycles. The first-order valence-corrected chi connectivity index (χ1v) is 5.32. The van der Waals surface area contributed by atoms with E-state index in [1.807, 2.05) is 42.5 Å². The molecule has 1 atom stereocenters. The summed E-state index contributed by atoms with van der Waals surface area (Å²) in [7, 11) is 0. The molecule has 0 saturated heterocycles. The highest BCUT2D eigenvalue weighted by molar-refractivity contribution is 5.85. The van der Waals surface area contributed by atoms with Crippen molar-refractivity contribution >= 4 is 12.4 Å². The quantitative estimate of drug-likeness (QED) is 0.861. The van der Waals surface area contributed by atoms with Crippen molar-refractivity contribution in [1.29, 1.82) is 0 Å². The van der Waals surface area contributed by atoms with Crippen molar-refractivity contribution < 1.29 is 9.52 Å². The van der Waals surface area contributed by atoms with Crippen LogP contribution in [-0.4, -0.2) is 11.7 Å². The summed E-state index contributed by atoms with van der Waals surface area (Å²) in [5.74, 6) is 0.875. The molecule has 0 amide bonds. The minimum absolute atomic E-state index is 0. The summed E-state index contributed by atoms with van der Waals surface area (Å²) in [5, 5.41) is 13.0. The van der Waals surface area contributed by atoms with Crippen LogP contribution in [0, 0.1) is 0 Å². The number of rotatable bonds is 5. The van der Waals surface area contributed by atoms with Gasteiger partial charge in [0.15, 0.2) is 0 Å². The molecule has 2 N–H and O–H groups in total. The van der Waals surface area contributed by atoms with E-state index in [-0.39, 0.29) is 12.4 Å². The van der Waals surface area contributed by atoms with Crippen LogP contribution in [0.15, 0.2) is 53.1 Å². The number of halogens is 1. The van der Waals surface area contributed by atoms with Crippen LogP contribution in [0.4, 0.5) is 0 Å². The van der Waals surface area contributed by atoms with Gasteiger partial charge >= 0.3 is 0 Å². The highest BCUT2D eigenvalue weighted by Crippen LogP contribution is 2.10. The summed E-state index contributed by atoms with van der Waals surface area (Å²) in [5.41, 5.74) is 0.925. The van der Waals surface area contributed by atoms with E-state index in [1.165, 1.54) is 0 Å². The maximum Gasteiger partial charge on any atom is 0.117 e. The lowest BCUT2D eigenvalue weighted by molar-refractivity contribution is 0.173. The zero-order valence-corrected chi connectivity index (χ0v) is 10.2. The number of aliphatic hydroxyl groups is 1. The average Bonchev–Trinajstić information content (AvgIpc) is 2.83. The minimum Gasteiger partial charge on any atom is -0.468 e. The Balaban J connectivity index is 0.00000144. The maximum atomic E-state index is 9.86. The van der Waals surface area contributed by atoms with Gasteiger partial charge in [0.25, 0.3) is 0 Å². The third kappa shape index (κ3) is 4.23. The van der Waals surface area contributed by atoms with Gasteiger partial charge in [-0.2, -0.15) is 0 Å². The van der Waals surface area contributed by atoms with Crippen LogP contribution in [-0.2, 0) is 6.54 Å². The van der Waals surface area contributed by atoms with Gasteiger partial charge in [0, 0.05) is 6.54 Å². The number of furan rings is 1. The van der Waals surface area contributed by atoms with Gasteiger partial charge in [-0.25, -0.2) is 0 Å². The monoisotopic (exact) mass is 253 g/mol. The summed E-state index contributed by atoms with van der Waals surface area (Å²) in [6.45, 7) is 1.15. The van der Waals surface area contributed by atoms with E-state index >= 15 is 0 Å². The molecule has 0 fully saturated rings. The normalized spacial score (nSPS) is 11.8. The van der Waals surface area contributed by atoms with E-state index in [1.54, 1.807) is 6.26 Å². The molecule has 1 aromatic carbocycles. The molecule has 0 radical (unpaired) electrons. The molecule has 0 aliphatic rings. The number of benzene rings is 1. The van der Waals surface area contributed by atoms with Crippen molar-refractivity contribution in [3.63, 3.8) is 0 Å². The number of hydrogen-bond acceptors (Lipinski definition) is 3. The molecular weight excluding hydrogens is 238 g/mol. The van der Waals surface area contributed by atoms with E-state index in [0.717, 1.165) is 11.3 Å². The first kappa shape index (κ1) is 13.8. The van der Waals surface area contributed by atoms with Crippen molar-refractivity contribution in [2.24, 2.45) is 0 Å². The van der Waals surface area contributed by atoms with Gasteiger partial charge in [-0.15, -0.1) is 12.4 Å². The molecule has 17 heavy (non-hydrogen) atoms. The third-order valence-corrected chi connectivity index (χ3v) is 2.40. The maximum absolute atomic E-state index is 9.86. The molecule has 92 valence electrons. The van der Waals surface area contributed by atoms with Gasteiger partial charge < -0.3 is 14.8 Å². The highest BCUT2D eigenvalue weighted by atomic mass is 35.5. The topological polar surface area (TPSA) is 45.4 Å². The Morgan fingerprint density at radius 2 is 1.88 bits per heavy atom. The van der Waals surface area contributed by atoms with Crippen LogP contribution in [0.1, 0.15) is 17.4 Å². The first-order valence-electron chi connectivity index (χ1n) is 5.32. The zero-order valence-electron chi connectivity index (χ0n) is 9.37. The van der Waals surface area contributed by atoms with Crippen LogP contribution < -0.4 is 5.32 Å². The summed E-state index contributed by atoms with van der Waals surface area (Å²) in [6, 6.07) is 13.4. The van der Waals surface area contributed by atoms with Gasteiger partial charge in [-0.3, -0.25) is 0 Å². The van der Waals surface area contributed by atoms with Crippen molar-refractivity contribution in [3.05, 3.63) is 60.1 Å². The predicted octanol–water partition coefficient (Wildman–Crippen LogP) is 2.52. The van der Waals surface area contributed by atoms with Crippen LogP contribution in [0.5, 0.6) is 0 Å². The Morgan fingerprint density at radius 3 is 2.53 bits per heavy atom. The molecular formula is C13H16ClNO2. The molecule has 4 heteroatoms. The van der Waals surface area contributed by atoms with Gasteiger partial charge in [-0.1, -0.05) is 30.3 Å². The lowest BCUT2D eigenvalue weighted by atomic mass is 10.1. The number of nitrogens with one attached hydrogen (secondary N) is 1. The largest absolute Gasteiger partial charge is 0.468 e. The summed E-state index contributed by atoms with van der Waals surface area (Å²) >= 11 is 0. The Bertz CT molecular complexity index is 403. The second-order valence-electron chi connectivity index (χ2n) is 3.64. The summed E-state index contributed by atoms with van der Waals surface area (Å²) in [6.07, 6.45) is 1.17. The van der Waals surface area contributed by atoms with Crippen LogP contribution in [0.25, 0.3) is 0 Å². The van der Waals surface area contributed by atoms with Crippen molar-refractivity contribution in [3.8, 4) is 0 Å². The molecule has 0 aliphatic carbocycles. The second kappa shape index (κ2) is 7.12. The third-order valence-electron chi connectivity index (χ3n) is 2.40. The standard InChI is InChI=1S/C13H15NO2.ClH/c15-13(11-5-2-1-3-6-11)10-14-9-12-7-4-8-16-12;/h1-8,13-15H,9-10H2;1H. The summed E-state index contributed by atoms with van der Waals surface area (Å²) < 4.78 is 5.18. The van der Waals surface area contributed by atoms with Crippen LogP contribution in [0.3, 0.4) is 0 Å². The van der Waals surface area contributed by atoms with E-state index < -0.39 is 6.10 Å². The summed E-state index contributed by atoms with van der Waals surface area (Å²) in [4.78, 5) is 0. The highest BCUT2D eigenvalue weighted by Gasteiger charge is 2.05. The number of aliphatic hydroxyl groups excluding tert-OH is 1. The van der Waals surface area contributed by atoms with Gasteiger partial charge in [0.2, 0.25) is 0 Å². The molecule has 0 spiro atoms. The van der Waals surface area contributed by atoms with Crippen LogP contribution in [0.2, 0.25) is 0 Å². The smallest absolute Gasteiger partial charge is 0.117 e. The molecule has 1 unspecified atom stereocenters. The molecule has 0 aliphatic heterocycles. The lowest BCUT2D eigenvalue weighted by Gasteiger charge is -2.11. The van der Waals surface area contributed by atoms with E-state index in [4.69, 9.17) is 4.42 Å². The molecule has 1 aromatic heterocycles. The fourth-order valence-corrected chi connectivity index (χ4v) is 1.54. The first-order chi connectivity index (χ1) is 7.86. The Hall–Kier alpha value is -1.29. The van der Waals surface area contributed by atoms with Crippen molar-refractivity contribution in [2.45, 2.75) is 12.6 Å². The zero-order chi connectivity index (χ0) is 11.2. The molecule has 2 rings (SSSR count). The predicted molar refractivity (Wildman–Crippen MR) is 69.1 cm³/mol. The Labute approximate surface area is 107 Å². The molecule has 3 nitrogen and oxygen atoms in total. The van der Waals surface area contributed by atoms with Crippen molar-refractivity contribution in [1.82, 2.24) is 5.32 Å². The van der Waals surface area contributed by atoms with E-state index in [0.29, 0.717) is 13.1 Å². The van der Waals surface area contributed by atoms with E-state index in [9.17, 15) is 5.11 Å². The van der Waals surface area contributed by atoms with Gasteiger partial charge in [0.05, 0.1) is 18.9 Å². The SMILES string of the molecule is Cl.OC(CNCc1ccco1)c1ccccc1. The van der Waals surface area contributed by atoms with E-state index in [2.05, 4.69) is 5.32 Å². The van der Waals surface area contributed by atoms with Gasteiger partial charge in [0.1, 0.15) is 5.76 Å².